The molecular formula is C14H8N3S2+. The van der Waals surface area contributed by atoms with E-state index < -0.39 is 0 Å². The van der Waals surface area contributed by atoms with Crippen molar-refractivity contribution in [2.75, 3.05) is 0 Å². The maximum atomic E-state index is 4.56. The highest BCUT2D eigenvalue weighted by Gasteiger charge is 2.34. The van der Waals surface area contributed by atoms with Crippen molar-refractivity contribution in [1.82, 2.24) is 9.97 Å². The molecule has 0 saturated heterocycles. The van der Waals surface area contributed by atoms with Crippen LogP contribution in [0.4, 0.5) is 0 Å². The molecule has 5 heterocycles. The Bertz CT molecular complexity index is 952. The Morgan fingerprint density at radius 1 is 1.05 bits per heavy atom. The van der Waals surface area contributed by atoms with Crippen molar-refractivity contribution in [3.63, 3.8) is 0 Å². The molecule has 0 amide bonds. The molecule has 3 nitrogen and oxygen atoms in total. The molecule has 1 aliphatic rings. The van der Waals surface area contributed by atoms with E-state index in [-0.39, 0.29) is 0 Å². The fourth-order valence-corrected chi connectivity index (χ4v) is 5.32. The molecule has 0 saturated carbocycles. The first-order chi connectivity index (χ1) is 9.42. The molecule has 0 spiro atoms. The standard InChI is InChI=1S/C14H8N3S2/c1-3-8-9(15-5-1)7-17-12-11-10(4-2-6-16-11)18-14(12)19-13(8)17/h1-6H,7H2/q+1. The van der Waals surface area contributed by atoms with Gasteiger partial charge in [0.05, 0.1) is 10.3 Å². The Kier molecular flexibility index (Phi) is 1.78. The van der Waals surface area contributed by atoms with Crippen LogP contribution in [0.5, 0.6) is 0 Å². The molecule has 4 aromatic rings. The highest BCUT2D eigenvalue weighted by Crippen LogP contribution is 2.41. The fraction of sp³-hybridized carbons (Fsp3) is 0.0714. The molecule has 19 heavy (non-hydrogen) atoms. The topological polar surface area (TPSA) is 29.7 Å². The van der Waals surface area contributed by atoms with Crippen molar-refractivity contribution in [2.24, 2.45) is 0 Å². The van der Waals surface area contributed by atoms with Gasteiger partial charge in [-0.05, 0) is 24.3 Å². The third-order valence-corrected chi connectivity index (χ3v) is 5.96. The molecule has 4 aromatic heterocycles. The maximum absolute atomic E-state index is 4.56. The minimum Gasteiger partial charge on any atom is -0.254 e. The number of rotatable bonds is 0. The van der Waals surface area contributed by atoms with Crippen LogP contribution in [-0.2, 0) is 6.54 Å². The molecule has 0 radical (unpaired) electrons. The van der Waals surface area contributed by atoms with E-state index in [1.807, 2.05) is 47.2 Å². The Hall–Kier alpha value is -1.85. The number of thiazole rings is 1. The summed E-state index contributed by atoms with van der Waals surface area (Å²) in [5.41, 5.74) is 4.85. The predicted molar refractivity (Wildman–Crippen MR) is 77.5 cm³/mol. The van der Waals surface area contributed by atoms with Crippen molar-refractivity contribution in [3.05, 3.63) is 42.4 Å². The van der Waals surface area contributed by atoms with Gasteiger partial charge in [0.1, 0.15) is 5.69 Å². The van der Waals surface area contributed by atoms with Crippen molar-refractivity contribution in [2.45, 2.75) is 6.54 Å². The molecule has 90 valence electrons. The highest BCUT2D eigenvalue weighted by molar-refractivity contribution is 7.42. The van der Waals surface area contributed by atoms with Crippen LogP contribution in [0.1, 0.15) is 5.69 Å². The summed E-state index contributed by atoms with van der Waals surface area (Å²) in [7, 11) is 0. The molecule has 5 heteroatoms. The number of hydrogen-bond donors (Lipinski definition) is 0. The van der Waals surface area contributed by atoms with Gasteiger partial charge in [0.15, 0.2) is 16.1 Å². The molecular weight excluding hydrogens is 274 g/mol. The quantitative estimate of drug-likeness (QED) is 0.408. The number of aromatic nitrogens is 3. The van der Waals surface area contributed by atoms with Gasteiger partial charge in [0, 0.05) is 12.4 Å². The number of hydrogen-bond acceptors (Lipinski definition) is 4. The van der Waals surface area contributed by atoms with Crippen LogP contribution >= 0.6 is 22.7 Å². The van der Waals surface area contributed by atoms with Gasteiger partial charge < -0.3 is 0 Å². The Morgan fingerprint density at radius 2 is 1.95 bits per heavy atom. The number of nitrogens with zero attached hydrogens (tertiary/aromatic N) is 3. The third-order valence-electron chi connectivity index (χ3n) is 3.52. The Balaban J connectivity index is 1.94. The maximum Gasteiger partial charge on any atom is 0.273 e. The first kappa shape index (κ1) is 10.00. The Labute approximate surface area is 116 Å². The molecule has 0 aromatic carbocycles. The van der Waals surface area contributed by atoms with Gasteiger partial charge in [-0.1, -0.05) is 11.3 Å². The predicted octanol–water partition coefficient (Wildman–Crippen LogP) is 3.22. The van der Waals surface area contributed by atoms with Crippen LogP contribution in [0, 0.1) is 0 Å². The second kappa shape index (κ2) is 3.37. The molecule has 1 aliphatic heterocycles. The fourth-order valence-electron chi connectivity index (χ4n) is 2.71. The summed E-state index contributed by atoms with van der Waals surface area (Å²) in [6.07, 6.45) is 3.75. The number of fused-ring (bicyclic) bond motifs is 7. The van der Waals surface area contributed by atoms with Gasteiger partial charge in [-0.15, -0.1) is 11.3 Å². The lowest BCUT2D eigenvalue weighted by atomic mass is 10.2. The normalized spacial score (nSPS) is 13.1. The smallest absolute Gasteiger partial charge is 0.254 e. The third kappa shape index (κ3) is 1.19. The lowest BCUT2D eigenvalue weighted by Gasteiger charge is -1.88. The van der Waals surface area contributed by atoms with Gasteiger partial charge in [-0.2, -0.15) is 4.57 Å². The summed E-state index contributed by atoms with van der Waals surface area (Å²) in [6, 6.07) is 8.33. The summed E-state index contributed by atoms with van der Waals surface area (Å²) in [4.78, 5) is 9.04. The van der Waals surface area contributed by atoms with E-state index in [1.54, 1.807) is 0 Å². The highest BCUT2D eigenvalue weighted by atomic mass is 32.2. The molecule has 0 N–H and O–H groups in total. The van der Waals surface area contributed by atoms with E-state index >= 15 is 0 Å². The molecule has 5 rings (SSSR count). The van der Waals surface area contributed by atoms with E-state index in [9.17, 15) is 0 Å². The molecule has 0 atom stereocenters. The van der Waals surface area contributed by atoms with E-state index in [0.717, 1.165) is 12.1 Å². The Morgan fingerprint density at radius 3 is 2.95 bits per heavy atom. The van der Waals surface area contributed by atoms with E-state index in [0.29, 0.717) is 0 Å². The molecule has 0 bridgehead atoms. The van der Waals surface area contributed by atoms with E-state index in [2.05, 4.69) is 26.7 Å². The summed E-state index contributed by atoms with van der Waals surface area (Å²) in [6.45, 7) is 0.869. The van der Waals surface area contributed by atoms with E-state index in [1.165, 1.54) is 30.5 Å². The lowest BCUT2D eigenvalue weighted by molar-refractivity contribution is -0.641. The first-order valence-corrected chi connectivity index (χ1v) is 7.69. The summed E-state index contributed by atoms with van der Waals surface area (Å²) < 4.78 is 4.99. The molecule has 0 fully saturated rings. The molecule has 0 unspecified atom stereocenters. The summed E-state index contributed by atoms with van der Waals surface area (Å²) in [5.74, 6) is 0. The zero-order chi connectivity index (χ0) is 12.4. The van der Waals surface area contributed by atoms with Gasteiger partial charge in [-0.3, -0.25) is 4.98 Å². The van der Waals surface area contributed by atoms with Gasteiger partial charge in [-0.25, -0.2) is 4.98 Å². The van der Waals surface area contributed by atoms with Crippen molar-refractivity contribution < 1.29 is 4.57 Å². The monoisotopic (exact) mass is 282 g/mol. The van der Waals surface area contributed by atoms with Crippen LogP contribution in [0.15, 0.2) is 36.7 Å². The zero-order valence-corrected chi connectivity index (χ0v) is 11.5. The van der Waals surface area contributed by atoms with Crippen LogP contribution < -0.4 is 4.57 Å². The van der Waals surface area contributed by atoms with Crippen LogP contribution in [0.25, 0.3) is 30.3 Å². The minimum atomic E-state index is 0.869. The first-order valence-electron chi connectivity index (χ1n) is 6.06. The molecule has 0 aliphatic carbocycles. The lowest BCUT2D eigenvalue weighted by Crippen LogP contribution is -2.30. The van der Waals surface area contributed by atoms with E-state index in [4.69, 9.17) is 0 Å². The largest absolute Gasteiger partial charge is 0.273 e. The number of thiophene rings is 1. The second-order valence-electron chi connectivity index (χ2n) is 4.58. The summed E-state index contributed by atoms with van der Waals surface area (Å²) in [5, 5.41) is 1.32. The van der Waals surface area contributed by atoms with Gasteiger partial charge in [0.2, 0.25) is 0 Å². The summed E-state index contributed by atoms with van der Waals surface area (Å²) >= 11 is 3.69. The van der Waals surface area contributed by atoms with Crippen molar-refractivity contribution in [3.8, 4) is 10.6 Å². The van der Waals surface area contributed by atoms with Crippen LogP contribution in [0.3, 0.4) is 0 Å². The van der Waals surface area contributed by atoms with Crippen molar-refractivity contribution >= 4 is 42.4 Å². The SMILES string of the molecule is c1cnc2c(c1)-c1sc3sc4cccnc4c3[n+]1C2. The van der Waals surface area contributed by atoms with Gasteiger partial charge in [0.25, 0.3) is 10.5 Å². The minimum absolute atomic E-state index is 0.869. The average molecular weight is 282 g/mol. The number of pyridine rings is 2. The average Bonchev–Trinajstić information content (AvgIpc) is 3.05. The van der Waals surface area contributed by atoms with Crippen molar-refractivity contribution in [1.29, 1.82) is 0 Å². The zero-order valence-electron chi connectivity index (χ0n) is 9.83. The van der Waals surface area contributed by atoms with Gasteiger partial charge >= 0.3 is 0 Å². The second-order valence-corrected chi connectivity index (χ2v) is 6.89. The van der Waals surface area contributed by atoms with Crippen LogP contribution in [0.2, 0.25) is 0 Å². The van der Waals surface area contributed by atoms with Crippen LogP contribution in [-0.4, -0.2) is 9.97 Å².